The monoisotopic (exact) mass is 209 g/mol. The van der Waals surface area contributed by atoms with Crippen molar-refractivity contribution >= 4 is 5.97 Å². The zero-order chi connectivity index (χ0) is 11.5. The lowest BCUT2D eigenvalue weighted by molar-refractivity contribution is -0.138. The maximum absolute atomic E-state index is 10.5. The summed E-state index contributed by atoms with van der Waals surface area (Å²) in [6, 6.07) is -0.905. The van der Waals surface area contributed by atoms with Crippen molar-refractivity contribution in [3.63, 3.8) is 0 Å². The summed E-state index contributed by atoms with van der Waals surface area (Å²) in [6.45, 7) is 1.65. The Bertz CT molecular complexity index is 340. The number of aliphatic hydroxyl groups is 1. The Labute approximate surface area is 88.4 Å². The molecular weight excluding hydrogens is 194 g/mol. The van der Waals surface area contributed by atoms with Gasteiger partial charge in [-0.1, -0.05) is 18.2 Å². The maximum Gasteiger partial charge on any atom is 0.320 e. The second-order valence-corrected chi connectivity index (χ2v) is 3.81. The third kappa shape index (κ3) is 3.69. The summed E-state index contributed by atoms with van der Waals surface area (Å²) in [7, 11) is 0. The molecule has 0 saturated carbocycles. The van der Waals surface area contributed by atoms with Gasteiger partial charge in [-0.15, -0.1) is 0 Å². The van der Waals surface area contributed by atoms with E-state index in [0.29, 0.717) is 0 Å². The van der Waals surface area contributed by atoms with Gasteiger partial charge in [0.05, 0.1) is 5.60 Å². The van der Waals surface area contributed by atoms with E-state index < -0.39 is 17.6 Å². The highest BCUT2D eigenvalue weighted by Gasteiger charge is 2.16. The van der Waals surface area contributed by atoms with Crippen LogP contribution in [0.2, 0.25) is 0 Å². The Balaban J connectivity index is 2.70. The van der Waals surface area contributed by atoms with Gasteiger partial charge in [0, 0.05) is 0 Å². The van der Waals surface area contributed by atoms with Crippen LogP contribution in [0.15, 0.2) is 36.0 Å². The van der Waals surface area contributed by atoms with Crippen molar-refractivity contribution in [2.24, 2.45) is 5.73 Å². The van der Waals surface area contributed by atoms with Crippen molar-refractivity contribution < 1.29 is 15.0 Å². The van der Waals surface area contributed by atoms with Crippen molar-refractivity contribution in [1.29, 1.82) is 0 Å². The van der Waals surface area contributed by atoms with Crippen LogP contribution in [0.3, 0.4) is 0 Å². The smallest absolute Gasteiger partial charge is 0.320 e. The number of hydrogen-bond acceptors (Lipinski definition) is 3. The van der Waals surface area contributed by atoms with Crippen molar-refractivity contribution in [2.45, 2.75) is 25.0 Å². The standard InChI is InChI=1S/C11H15NO3/c1-11(15)5-2-3-8(4-6-11)7-9(12)10(13)14/h2-6,9,15H,7,12H2,1H3,(H,13,14). The molecule has 4 nitrogen and oxygen atoms in total. The van der Waals surface area contributed by atoms with Gasteiger partial charge in [0.25, 0.3) is 0 Å². The predicted octanol–water partition coefficient (Wildman–Crippen LogP) is 0.592. The lowest BCUT2D eigenvalue weighted by atomic mass is 10.0. The highest BCUT2D eigenvalue weighted by molar-refractivity contribution is 5.73. The summed E-state index contributed by atoms with van der Waals surface area (Å²) >= 11 is 0. The molecule has 0 radical (unpaired) electrons. The van der Waals surface area contributed by atoms with E-state index in [-0.39, 0.29) is 6.42 Å². The molecule has 0 saturated heterocycles. The van der Waals surface area contributed by atoms with Crippen LogP contribution < -0.4 is 5.73 Å². The second kappa shape index (κ2) is 4.42. The molecule has 0 fully saturated rings. The average Bonchev–Trinajstić information content (AvgIpc) is 2.28. The van der Waals surface area contributed by atoms with Crippen molar-refractivity contribution in [3.05, 3.63) is 36.0 Å². The summed E-state index contributed by atoms with van der Waals surface area (Å²) in [5.41, 5.74) is 5.22. The van der Waals surface area contributed by atoms with E-state index in [9.17, 15) is 9.90 Å². The van der Waals surface area contributed by atoms with Crippen molar-refractivity contribution in [3.8, 4) is 0 Å². The lowest BCUT2D eigenvalue weighted by Crippen LogP contribution is -2.30. The van der Waals surface area contributed by atoms with E-state index >= 15 is 0 Å². The minimum Gasteiger partial charge on any atom is -0.480 e. The molecule has 0 aromatic rings. The topological polar surface area (TPSA) is 83.5 Å². The van der Waals surface area contributed by atoms with Gasteiger partial charge in [0.15, 0.2) is 0 Å². The third-order valence-electron chi connectivity index (χ3n) is 2.15. The molecular formula is C11H15NO3. The highest BCUT2D eigenvalue weighted by Crippen LogP contribution is 2.16. The number of carboxylic acids is 1. The fourth-order valence-corrected chi connectivity index (χ4v) is 1.23. The molecule has 0 aromatic heterocycles. The fraction of sp³-hybridized carbons (Fsp3) is 0.364. The number of allylic oxidation sites excluding steroid dienone is 3. The molecule has 0 amide bonds. The van der Waals surface area contributed by atoms with Crippen LogP contribution in [0, 0.1) is 0 Å². The largest absolute Gasteiger partial charge is 0.480 e. The Hall–Kier alpha value is -1.39. The van der Waals surface area contributed by atoms with Gasteiger partial charge in [-0.3, -0.25) is 4.79 Å². The van der Waals surface area contributed by atoms with E-state index in [1.807, 2.05) is 0 Å². The Kier molecular flexibility index (Phi) is 3.44. The molecule has 2 atom stereocenters. The number of rotatable bonds is 3. The summed E-state index contributed by atoms with van der Waals surface area (Å²) in [4.78, 5) is 10.5. The maximum atomic E-state index is 10.5. The normalized spacial score (nSPS) is 27.0. The van der Waals surface area contributed by atoms with Gasteiger partial charge >= 0.3 is 5.97 Å². The molecule has 4 N–H and O–H groups in total. The Morgan fingerprint density at radius 2 is 2.27 bits per heavy atom. The van der Waals surface area contributed by atoms with Crippen molar-refractivity contribution in [2.75, 3.05) is 0 Å². The molecule has 0 aliphatic heterocycles. The van der Waals surface area contributed by atoms with Crippen LogP contribution >= 0.6 is 0 Å². The molecule has 82 valence electrons. The molecule has 1 aliphatic carbocycles. The fourth-order valence-electron chi connectivity index (χ4n) is 1.23. The summed E-state index contributed by atoms with van der Waals surface area (Å²) in [5, 5.41) is 18.3. The minimum absolute atomic E-state index is 0.256. The first kappa shape index (κ1) is 11.7. The number of aliphatic carboxylic acids is 1. The van der Waals surface area contributed by atoms with Crippen molar-refractivity contribution in [1.82, 2.24) is 0 Å². The van der Waals surface area contributed by atoms with E-state index in [4.69, 9.17) is 10.8 Å². The quantitative estimate of drug-likeness (QED) is 0.635. The molecule has 2 unspecified atom stereocenters. The molecule has 15 heavy (non-hydrogen) atoms. The van der Waals surface area contributed by atoms with Crippen LogP contribution in [0.4, 0.5) is 0 Å². The number of hydrogen-bond donors (Lipinski definition) is 3. The summed E-state index contributed by atoms with van der Waals surface area (Å²) in [6.07, 6.45) is 8.64. The van der Waals surface area contributed by atoms with Gasteiger partial charge in [-0.25, -0.2) is 0 Å². The summed E-state index contributed by atoms with van der Waals surface area (Å²) < 4.78 is 0. The van der Waals surface area contributed by atoms with Gasteiger partial charge in [-0.2, -0.15) is 0 Å². The third-order valence-corrected chi connectivity index (χ3v) is 2.15. The van der Waals surface area contributed by atoms with E-state index in [1.165, 1.54) is 0 Å². The zero-order valence-corrected chi connectivity index (χ0v) is 8.55. The molecule has 4 heteroatoms. The number of carbonyl (C=O) groups is 1. The van der Waals surface area contributed by atoms with Crippen LogP contribution in [0.5, 0.6) is 0 Å². The average molecular weight is 209 g/mol. The minimum atomic E-state index is -1.02. The van der Waals surface area contributed by atoms with Gasteiger partial charge in [0.1, 0.15) is 6.04 Å². The highest BCUT2D eigenvalue weighted by atomic mass is 16.4. The molecule has 1 rings (SSSR count). The Morgan fingerprint density at radius 3 is 2.87 bits per heavy atom. The lowest BCUT2D eigenvalue weighted by Gasteiger charge is -2.11. The molecule has 0 bridgehead atoms. The Morgan fingerprint density at radius 1 is 1.60 bits per heavy atom. The number of carboxylic acid groups (broad SMARTS) is 1. The van der Waals surface area contributed by atoms with E-state index in [1.54, 1.807) is 37.3 Å². The molecule has 1 aliphatic rings. The number of nitrogens with two attached hydrogens (primary N) is 1. The van der Waals surface area contributed by atoms with Crippen LogP contribution in [-0.2, 0) is 4.79 Å². The van der Waals surface area contributed by atoms with E-state index in [0.717, 1.165) is 5.57 Å². The van der Waals surface area contributed by atoms with Gasteiger partial charge in [-0.05, 0) is 31.1 Å². The first-order valence-electron chi connectivity index (χ1n) is 4.69. The first-order valence-corrected chi connectivity index (χ1v) is 4.69. The van der Waals surface area contributed by atoms with Gasteiger partial charge in [0.2, 0.25) is 0 Å². The SMILES string of the molecule is CC1(O)C=CC=C(CC(N)C(=O)O)C=C1. The molecule has 0 spiro atoms. The van der Waals surface area contributed by atoms with Crippen LogP contribution in [0.1, 0.15) is 13.3 Å². The summed E-state index contributed by atoms with van der Waals surface area (Å²) in [5.74, 6) is -1.02. The second-order valence-electron chi connectivity index (χ2n) is 3.81. The van der Waals surface area contributed by atoms with Crippen LogP contribution in [0.25, 0.3) is 0 Å². The van der Waals surface area contributed by atoms with E-state index in [2.05, 4.69) is 0 Å². The predicted molar refractivity (Wildman–Crippen MR) is 57.2 cm³/mol. The first-order chi connectivity index (χ1) is 6.91. The molecule has 0 aromatic carbocycles. The van der Waals surface area contributed by atoms with Gasteiger partial charge < -0.3 is 15.9 Å². The van der Waals surface area contributed by atoms with Crippen LogP contribution in [-0.4, -0.2) is 27.8 Å². The molecule has 0 heterocycles. The zero-order valence-electron chi connectivity index (χ0n) is 8.55.